The van der Waals surface area contributed by atoms with Gasteiger partial charge in [0.2, 0.25) is 5.91 Å². The highest BCUT2D eigenvalue weighted by atomic mass is 16.5. The smallest absolute Gasteiger partial charge is 0.221 e. The van der Waals surface area contributed by atoms with Crippen LogP contribution in [0.2, 0.25) is 0 Å². The molecule has 0 bridgehead atoms. The molecular formula is C17H17NO3. The molecule has 0 aromatic heterocycles. The van der Waals surface area contributed by atoms with E-state index in [9.17, 15) is 9.59 Å². The van der Waals surface area contributed by atoms with Crippen LogP contribution in [0.15, 0.2) is 48.5 Å². The van der Waals surface area contributed by atoms with E-state index in [4.69, 9.17) is 4.74 Å². The van der Waals surface area contributed by atoms with Crippen LogP contribution in [-0.4, -0.2) is 18.8 Å². The molecule has 0 saturated carbocycles. The van der Waals surface area contributed by atoms with Crippen LogP contribution in [0.3, 0.4) is 0 Å². The maximum Gasteiger partial charge on any atom is 0.221 e. The fourth-order valence-corrected chi connectivity index (χ4v) is 2.03. The van der Waals surface area contributed by atoms with Crippen molar-refractivity contribution in [2.45, 2.75) is 13.3 Å². The Kier molecular flexibility index (Phi) is 4.72. The van der Waals surface area contributed by atoms with Crippen molar-refractivity contribution in [3.63, 3.8) is 0 Å². The summed E-state index contributed by atoms with van der Waals surface area (Å²) in [5.74, 6) is 0.616. The summed E-state index contributed by atoms with van der Waals surface area (Å²) in [5, 5.41) is 2.71. The van der Waals surface area contributed by atoms with Gasteiger partial charge in [-0.3, -0.25) is 9.59 Å². The van der Waals surface area contributed by atoms with Gasteiger partial charge in [-0.25, -0.2) is 0 Å². The van der Waals surface area contributed by atoms with Gasteiger partial charge in [0.25, 0.3) is 0 Å². The van der Waals surface area contributed by atoms with E-state index < -0.39 is 0 Å². The summed E-state index contributed by atoms with van der Waals surface area (Å²) >= 11 is 0. The zero-order chi connectivity index (χ0) is 15.2. The summed E-state index contributed by atoms with van der Waals surface area (Å²) in [7, 11) is 1.59. The minimum Gasteiger partial charge on any atom is -0.497 e. The number of ether oxygens (including phenoxy) is 1. The molecule has 0 saturated heterocycles. The Labute approximate surface area is 123 Å². The molecule has 2 aromatic carbocycles. The Bertz CT molecular complexity index is 647. The Morgan fingerprint density at radius 3 is 2.43 bits per heavy atom. The van der Waals surface area contributed by atoms with E-state index in [0.717, 1.165) is 11.3 Å². The van der Waals surface area contributed by atoms with Crippen molar-refractivity contribution in [3.8, 4) is 5.75 Å². The highest BCUT2D eigenvalue weighted by Crippen LogP contribution is 2.16. The minimum absolute atomic E-state index is 0.0256. The monoisotopic (exact) mass is 283 g/mol. The number of hydrogen-bond acceptors (Lipinski definition) is 3. The second kappa shape index (κ2) is 6.70. The van der Waals surface area contributed by atoms with Crippen LogP contribution < -0.4 is 10.1 Å². The molecule has 0 unspecified atom stereocenters. The van der Waals surface area contributed by atoms with Crippen molar-refractivity contribution in [3.05, 3.63) is 59.7 Å². The quantitative estimate of drug-likeness (QED) is 0.858. The predicted molar refractivity (Wildman–Crippen MR) is 81.8 cm³/mol. The maximum atomic E-state index is 12.2. The molecule has 108 valence electrons. The first-order valence-corrected chi connectivity index (χ1v) is 6.62. The molecule has 1 amide bonds. The van der Waals surface area contributed by atoms with Crippen LogP contribution >= 0.6 is 0 Å². The minimum atomic E-state index is -0.131. The van der Waals surface area contributed by atoms with E-state index in [1.165, 1.54) is 6.92 Å². The van der Waals surface area contributed by atoms with Gasteiger partial charge < -0.3 is 10.1 Å². The number of carbonyl (C=O) groups is 2. The van der Waals surface area contributed by atoms with Gasteiger partial charge in [0.05, 0.1) is 7.11 Å². The van der Waals surface area contributed by atoms with Crippen molar-refractivity contribution >= 4 is 17.4 Å². The molecule has 0 radical (unpaired) electrons. The van der Waals surface area contributed by atoms with Crippen molar-refractivity contribution in [1.29, 1.82) is 0 Å². The van der Waals surface area contributed by atoms with Gasteiger partial charge >= 0.3 is 0 Å². The zero-order valence-corrected chi connectivity index (χ0v) is 12.1. The summed E-state index contributed by atoms with van der Waals surface area (Å²) in [6.45, 7) is 1.45. The third-order valence-corrected chi connectivity index (χ3v) is 3.02. The van der Waals surface area contributed by atoms with Crippen molar-refractivity contribution in [1.82, 2.24) is 0 Å². The highest BCUT2D eigenvalue weighted by molar-refractivity contribution is 5.97. The maximum absolute atomic E-state index is 12.2. The van der Waals surface area contributed by atoms with Gasteiger partial charge in [0, 0.05) is 24.6 Å². The van der Waals surface area contributed by atoms with E-state index in [1.807, 2.05) is 18.2 Å². The lowest BCUT2D eigenvalue weighted by molar-refractivity contribution is -0.114. The third-order valence-electron chi connectivity index (χ3n) is 3.02. The molecule has 0 fully saturated rings. The van der Waals surface area contributed by atoms with Gasteiger partial charge in [-0.05, 0) is 42.0 Å². The number of nitrogens with one attached hydrogen (secondary N) is 1. The number of anilines is 1. The second-order valence-electron chi connectivity index (χ2n) is 4.71. The lowest BCUT2D eigenvalue weighted by Crippen LogP contribution is -2.07. The predicted octanol–water partition coefficient (Wildman–Crippen LogP) is 3.08. The van der Waals surface area contributed by atoms with Crippen LogP contribution in [0.4, 0.5) is 5.69 Å². The number of hydrogen-bond donors (Lipinski definition) is 1. The molecule has 0 atom stereocenters. The normalized spacial score (nSPS) is 10.0. The van der Waals surface area contributed by atoms with E-state index in [-0.39, 0.29) is 11.7 Å². The topological polar surface area (TPSA) is 55.4 Å². The summed E-state index contributed by atoms with van der Waals surface area (Å²) in [6, 6.07) is 14.3. The first kappa shape index (κ1) is 14.8. The SMILES string of the molecule is COc1ccc(C(=O)Cc2cccc(NC(C)=O)c2)cc1. The molecule has 0 aliphatic carbocycles. The Balaban J connectivity index is 2.09. The van der Waals surface area contributed by atoms with Crippen LogP contribution in [0, 0.1) is 0 Å². The fourth-order valence-electron chi connectivity index (χ4n) is 2.03. The summed E-state index contributed by atoms with van der Waals surface area (Å²) in [6.07, 6.45) is 0.291. The van der Waals surface area contributed by atoms with Gasteiger partial charge in [0.15, 0.2) is 5.78 Å². The number of Topliss-reactive ketones (excluding diaryl/α,β-unsaturated/α-hetero) is 1. The van der Waals surface area contributed by atoms with E-state index in [2.05, 4.69) is 5.32 Å². The van der Waals surface area contributed by atoms with Crippen LogP contribution in [0.25, 0.3) is 0 Å². The molecule has 0 heterocycles. The van der Waals surface area contributed by atoms with Crippen molar-refractivity contribution < 1.29 is 14.3 Å². The van der Waals surface area contributed by atoms with E-state index in [1.54, 1.807) is 37.4 Å². The Hall–Kier alpha value is -2.62. The molecule has 2 aromatic rings. The molecule has 0 spiro atoms. The number of amides is 1. The van der Waals surface area contributed by atoms with Gasteiger partial charge in [-0.15, -0.1) is 0 Å². The highest BCUT2D eigenvalue weighted by Gasteiger charge is 2.08. The molecule has 0 aliphatic rings. The molecule has 2 rings (SSSR count). The molecule has 1 N–H and O–H groups in total. The summed E-state index contributed by atoms with van der Waals surface area (Å²) in [4.78, 5) is 23.3. The third kappa shape index (κ3) is 4.18. The molecule has 21 heavy (non-hydrogen) atoms. The summed E-state index contributed by atoms with van der Waals surface area (Å²) < 4.78 is 5.07. The number of ketones is 1. The second-order valence-corrected chi connectivity index (χ2v) is 4.71. The average molecular weight is 283 g/mol. The molecule has 0 aliphatic heterocycles. The lowest BCUT2D eigenvalue weighted by atomic mass is 10.0. The van der Waals surface area contributed by atoms with Crippen molar-refractivity contribution in [2.75, 3.05) is 12.4 Å². The number of rotatable bonds is 5. The number of methoxy groups -OCH3 is 1. The number of benzene rings is 2. The first-order valence-electron chi connectivity index (χ1n) is 6.62. The standard InChI is InChI=1S/C17H17NO3/c1-12(19)18-15-5-3-4-13(10-15)11-17(20)14-6-8-16(21-2)9-7-14/h3-10H,11H2,1-2H3,(H,18,19). The van der Waals surface area contributed by atoms with Crippen molar-refractivity contribution in [2.24, 2.45) is 0 Å². The van der Waals surface area contributed by atoms with Gasteiger partial charge in [-0.1, -0.05) is 12.1 Å². The molecular weight excluding hydrogens is 266 g/mol. The molecule has 4 nitrogen and oxygen atoms in total. The molecule has 4 heteroatoms. The fraction of sp³-hybridized carbons (Fsp3) is 0.176. The van der Waals surface area contributed by atoms with E-state index >= 15 is 0 Å². The Morgan fingerprint density at radius 1 is 1.10 bits per heavy atom. The Morgan fingerprint density at radius 2 is 1.81 bits per heavy atom. The van der Waals surface area contributed by atoms with E-state index in [0.29, 0.717) is 17.7 Å². The van der Waals surface area contributed by atoms with Crippen LogP contribution in [-0.2, 0) is 11.2 Å². The lowest BCUT2D eigenvalue weighted by Gasteiger charge is -2.06. The first-order chi connectivity index (χ1) is 10.1. The average Bonchev–Trinajstić information content (AvgIpc) is 2.47. The van der Waals surface area contributed by atoms with Gasteiger partial charge in [-0.2, -0.15) is 0 Å². The largest absolute Gasteiger partial charge is 0.497 e. The van der Waals surface area contributed by atoms with Gasteiger partial charge in [0.1, 0.15) is 5.75 Å². The number of carbonyl (C=O) groups excluding carboxylic acids is 2. The summed E-state index contributed by atoms with van der Waals surface area (Å²) in [5.41, 5.74) is 2.20. The van der Waals surface area contributed by atoms with Crippen LogP contribution in [0.1, 0.15) is 22.8 Å². The zero-order valence-electron chi connectivity index (χ0n) is 12.1. The van der Waals surface area contributed by atoms with Crippen LogP contribution in [0.5, 0.6) is 5.75 Å².